The van der Waals surface area contributed by atoms with Gasteiger partial charge in [0.2, 0.25) is 11.8 Å². The molecule has 31 heavy (non-hydrogen) atoms. The third kappa shape index (κ3) is 6.31. The SMILES string of the molecule is CCCCCNC(=O)[C@@H]1[C@H]2C=C[C@@H](C)[C@@H](C(=O)OCC)[C@H]2C(=O)N1CCCCCCO. The lowest BCUT2D eigenvalue weighted by Crippen LogP contribution is -2.47. The van der Waals surface area contributed by atoms with Crippen molar-refractivity contribution in [3.8, 4) is 0 Å². The number of likely N-dealkylation sites (tertiary alicyclic amines) is 1. The van der Waals surface area contributed by atoms with Crippen LogP contribution in [0.2, 0.25) is 0 Å². The van der Waals surface area contributed by atoms with Crippen LogP contribution in [0.1, 0.15) is 65.7 Å². The summed E-state index contributed by atoms with van der Waals surface area (Å²) in [5.41, 5.74) is 0. The molecule has 1 aliphatic heterocycles. The Balaban J connectivity index is 2.21. The molecule has 0 bridgehead atoms. The number of aliphatic hydroxyl groups is 1. The van der Waals surface area contributed by atoms with Gasteiger partial charge in [-0.05, 0) is 32.1 Å². The highest BCUT2D eigenvalue weighted by Gasteiger charge is 2.56. The number of allylic oxidation sites excluding steroid dienone is 1. The van der Waals surface area contributed by atoms with E-state index >= 15 is 0 Å². The molecule has 1 fully saturated rings. The van der Waals surface area contributed by atoms with E-state index in [1.807, 2.05) is 19.1 Å². The average molecular weight is 437 g/mol. The van der Waals surface area contributed by atoms with Crippen LogP contribution in [0.5, 0.6) is 0 Å². The van der Waals surface area contributed by atoms with Crippen LogP contribution in [0.25, 0.3) is 0 Å². The topological polar surface area (TPSA) is 95.9 Å². The Kier molecular flexibility index (Phi) is 10.5. The molecule has 2 amide bonds. The minimum absolute atomic E-state index is 0.109. The third-order valence-electron chi connectivity index (χ3n) is 6.49. The van der Waals surface area contributed by atoms with Gasteiger partial charge in [0.1, 0.15) is 6.04 Å². The van der Waals surface area contributed by atoms with E-state index < -0.39 is 17.9 Å². The fourth-order valence-corrected chi connectivity index (χ4v) is 4.87. The van der Waals surface area contributed by atoms with E-state index in [1.165, 1.54) is 0 Å². The fourth-order valence-electron chi connectivity index (χ4n) is 4.87. The molecule has 1 saturated heterocycles. The second-order valence-corrected chi connectivity index (χ2v) is 8.74. The maximum Gasteiger partial charge on any atom is 0.310 e. The molecule has 0 aromatic carbocycles. The van der Waals surface area contributed by atoms with Gasteiger partial charge in [-0.3, -0.25) is 14.4 Å². The van der Waals surface area contributed by atoms with E-state index in [-0.39, 0.29) is 42.8 Å². The van der Waals surface area contributed by atoms with Crippen LogP contribution in [-0.2, 0) is 19.1 Å². The van der Waals surface area contributed by atoms with Gasteiger partial charge in [-0.25, -0.2) is 0 Å². The smallest absolute Gasteiger partial charge is 0.310 e. The molecule has 0 saturated carbocycles. The lowest BCUT2D eigenvalue weighted by atomic mass is 9.70. The molecule has 1 aliphatic carbocycles. The van der Waals surface area contributed by atoms with Gasteiger partial charge in [-0.15, -0.1) is 0 Å². The number of amides is 2. The molecule has 2 rings (SSSR count). The maximum atomic E-state index is 13.5. The van der Waals surface area contributed by atoms with Crippen molar-refractivity contribution >= 4 is 17.8 Å². The Hall–Kier alpha value is -1.89. The summed E-state index contributed by atoms with van der Waals surface area (Å²) >= 11 is 0. The van der Waals surface area contributed by atoms with Crippen molar-refractivity contribution < 1.29 is 24.2 Å². The first-order valence-corrected chi connectivity index (χ1v) is 12.0. The predicted molar refractivity (Wildman–Crippen MR) is 119 cm³/mol. The lowest BCUT2D eigenvalue weighted by molar-refractivity contribution is -0.155. The number of unbranched alkanes of at least 4 members (excludes halogenated alkanes) is 5. The molecule has 0 spiro atoms. The number of carbonyl (C=O) groups is 3. The number of carbonyl (C=O) groups excluding carboxylic acids is 3. The molecule has 7 heteroatoms. The molecule has 2 N–H and O–H groups in total. The number of esters is 1. The van der Waals surface area contributed by atoms with Gasteiger partial charge in [0.15, 0.2) is 0 Å². The van der Waals surface area contributed by atoms with Crippen molar-refractivity contribution in [2.24, 2.45) is 23.7 Å². The first-order chi connectivity index (χ1) is 15.0. The monoisotopic (exact) mass is 436 g/mol. The molecule has 0 aromatic rings. The molecular weight excluding hydrogens is 396 g/mol. The highest BCUT2D eigenvalue weighted by Crippen LogP contribution is 2.44. The molecule has 176 valence electrons. The predicted octanol–water partition coefficient (Wildman–Crippen LogP) is 2.67. The van der Waals surface area contributed by atoms with Gasteiger partial charge in [-0.1, -0.05) is 51.7 Å². The summed E-state index contributed by atoms with van der Waals surface area (Å²) in [5, 5.41) is 12.0. The van der Waals surface area contributed by atoms with E-state index in [0.717, 1.165) is 44.9 Å². The maximum absolute atomic E-state index is 13.5. The van der Waals surface area contributed by atoms with E-state index in [2.05, 4.69) is 12.2 Å². The van der Waals surface area contributed by atoms with E-state index in [4.69, 9.17) is 9.84 Å². The second kappa shape index (κ2) is 12.8. The first-order valence-electron chi connectivity index (χ1n) is 12.0. The molecule has 0 aromatic heterocycles. The number of nitrogens with one attached hydrogen (secondary N) is 1. The molecule has 2 aliphatic rings. The minimum atomic E-state index is -0.586. The number of rotatable bonds is 13. The van der Waals surface area contributed by atoms with E-state index in [0.29, 0.717) is 13.1 Å². The van der Waals surface area contributed by atoms with Crippen LogP contribution < -0.4 is 5.32 Å². The van der Waals surface area contributed by atoms with Gasteiger partial charge < -0.3 is 20.1 Å². The van der Waals surface area contributed by atoms with Gasteiger partial charge in [0, 0.05) is 25.6 Å². The zero-order valence-corrected chi connectivity index (χ0v) is 19.3. The average Bonchev–Trinajstić information content (AvgIpc) is 3.03. The highest BCUT2D eigenvalue weighted by molar-refractivity contribution is 5.96. The minimum Gasteiger partial charge on any atom is -0.466 e. The number of hydrogen-bond donors (Lipinski definition) is 2. The summed E-state index contributed by atoms with van der Waals surface area (Å²) in [4.78, 5) is 41.0. The van der Waals surface area contributed by atoms with Crippen molar-refractivity contribution in [1.29, 1.82) is 0 Å². The number of aliphatic hydroxyl groups excluding tert-OH is 1. The Morgan fingerprint density at radius 3 is 2.52 bits per heavy atom. The molecule has 7 nitrogen and oxygen atoms in total. The molecular formula is C24H40N2O5. The van der Waals surface area contributed by atoms with Gasteiger partial charge >= 0.3 is 5.97 Å². The second-order valence-electron chi connectivity index (χ2n) is 8.74. The zero-order valence-electron chi connectivity index (χ0n) is 19.3. The Bertz CT molecular complexity index is 635. The Labute approximate surface area is 186 Å². The summed E-state index contributed by atoms with van der Waals surface area (Å²) in [6.07, 6.45) is 10.2. The summed E-state index contributed by atoms with van der Waals surface area (Å²) in [7, 11) is 0. The molecule has 0 unspecified atom stereocenters. The van der Waals surface area contributed by atoms with Crippen LogP contribution in [0.15, 0.2) is 12.2 Å². The van der Waals surface area contributed by atoms with E-state index in [9.17, 15) is 14.4 Å². The van der Waals surface area contributed by atoms with Crippen molar-refractivity contribution in [3.63, 3.8) is 0 Å². The largest absolute Gasteiger partial charge is 0.466 e. The number of ether oxygens (including phenoxy) is 1. The van der Waals surface area contributed by atoms with Gasteiger partial charge in [-0.2, -0.15) is 0 Å². The molecule has 0 radical (unpaired) electrons. The van der Waals surface area contributed by atoms with Crippen LogP contribution in [-0.4, -0.2) is 60.1 Å². The van der Waals surface area contributed by atoms with Crippen LogP contribution >= 0.6 is 0 Å². The van der Waals surface area contributed by atoms with Crippen molar-refractivity contribution in [1.82, 2.24) is 10.2 Å². The number of nitrogens with zero attached hydrogens (tertiary/aromatic N) is 1. The van der Waals surface area contributed by atoms with Crippen LogP contribution in [0.3, 0.4) is 0 Å². The summed E-state index contributed by atoms with van der Waals surface area (Å²) < 4.78 is 5.29. The fraction of sp³-hybridized carbons (Fsp3) is 0.792. The normalized spacial score (nSPS) is 27.3. The number of hydrogen-bond acceptors (Lipinski definition) is 5. The standard InChI is InChI=1S/C24H40N2O5/c1-4-6-9-14-25-22(28)21-18-13-12-17(3)19(24(30)31-5-2)20(18)23(29)26(21)15-10-7-8-11-16-27/h12-13,17-21,27H,4-11,14-16H2,1-3H3,(H,25,28)/t17-,18+,19-,20+,21+/m1/s1. The quantitative estimate of drug-likeness (QED) is 0.263. The van der Waals surface area contributed by atoms with Gasteiger partial charge in [0.25, 0.3) is 0 Å². The molecule has 1 heterocycles. The molecule has 5 atom stereocenters. The van der Waals surface area contributed by atoms with Crippen molar-refractivity contribution in [2.75, 3.05) is 26.3 Å². The Morgan fingerprint density at radius 2 is 1.84 bits per heavy atom. The van der Waals surface area contributed by atoms with Gasteiger partial charge in [0.05, 0.1) is 18.4 Å². The lowest BCUT2D eigenvalue weighted by Gasteiger charge is -2.32. The Morgan fingerprint density at radius 1 is 1.10 bits per heavy atom. The number of fused-ring (bicyclic) bond motifs is 1. The van der Waals surface area contributed by atoms with Crippen LogP contribution in [0, 0.1) is 23.7 Å². The summed E-state index contributed by atoms with van der Waals surface area (Å²) in [6, 6.07) is -0.586. The highest BCUT2D eigenvalue weighted by atomic mass is 16.5. The third-order valence-corrected chi connectivity index (χ3v) is 6.49. The van der Waals surface area contributed by atoms with Crippen LogP contribution in [0.4, 0.5) is 0 Å². The van der Waals surface area contributed by atoms with Crippen molar-refractivity contribution in [2.45, 2.75) is 71.8 Å². The summed E-state index contributed by atoms with van der Waals surface area (Å²) in [5.74, 6) is -2.14. The summed E-state index contributed by atoms with van der Waals surface area (Å²) in [6.45, 7) is 7.33. The van der Waals surface area contributed by atoms with E-state index in [1.54, 1.807) is 11.8 Å². The first kappa shape index (κ1) is 25.4. The zero-order chi connectivity index (χ0) is 22.8. The van der Waals surface area contributed by atoms with Crippen molar-refractivity contribution in [3.05, 3.63) is 12.2 Å².